The number of tetrazole rings is 1. The van der Waals surface area contributed by atoms with E-state index in [1.807, 2.05) is 0 Å². The van der Waals surface area contributed by atoms with E-state index >= 15 is 0 Å². The van der Waals surface area contributed by atoms with Crippen molar-refractivity contribution in [3.63, 3.8) is 0 Å². The number of carbonyl (C=O) groups excluding carboxylic acids is 1. The van der Waals surface area contributed by atoms with Gasteiger partial charge in [-0.1, -0.05) is 11.6 Å². The SMILES string of the molecule is CNS(=O)(=O)c1ccc(Cl)c(C(=O)Nc2ccc(F)c(-n3nnnc3C)c2)c1. The van der Waals surface area contributed by atoms with Gasteiger partial charge < -0.3 is 5.32 Å². The molecule has 1 aromatic heterocycles. The molecule has 3 rings (SSSR count). The predicted molar refractivity (Wildman–Crippen MR) is 99.5 cm³/mol. The van der Waals surface area contributed by atoms with Gasteiger partial charge in [-0.2, -0.15) is 4.68 Å². The molecule has 2 N–H and O–H groups in total. The average molecular weight is 425 g/mol. The van der Waals surface area contributed by atoms with E-state index in [1.54, 1.807) is 6.92 Å². The van der Waals surface area contributed by atoms with Crippen LogP contribution in [0.1, 0.15) is 16.2 Å². The summed E-state index contributed by atoms with van der Waals surface area (Å²) in [7, 11) is -2.50. The number of aryl methyl sites for hydroxylation is 1. The van der Waals surface area contributed by atoms with Gasteiger partial charge in [-0.25, -0.2) is 17.5 Å². The van der Waals surface area contributed by atoms with E-state index in [9.17, 15) is 17.6 Å². The number of nitrogens with zero attached hydrogens (tertiary/aromatic N) is 4. The molecule has 0 saturated carbocycles. The van der Waals surface area contributed by atoms with E-state index < -0.39 is 21.7 Å². The van der Waals surface area contributed by atoms with Crippen molar-refractivity contribution in [2.24, 2.45) is 0 Å². The molecule has 0 atom stereocenters. The molecule has 0 spiro atoms. The Balaban J connectivity index is 1.94. The van der Waals surface area contributed by atoms with Gasteiger partial charge >= 0.3 is 0 Å². The maximum absolute atomic E-state index is 14.1. The van der Waals surface area contributed by atoms with Crippen LogP contribution in [0.5, 0.6) is 0 Å². The van der Waals surface area contributed by atoms with E-state index in [1.165, 1.54) is 36.0 Å². The highest BCUT2D eigenvalue weighted by atomic mass is 35.5. The van der Waals surface area contributed by atoms with Gasteiger partial charge in [0.05, 0.1) is 15.5 Å². The number of amides is 1. The van der Waals surface area contributed by atoms with Gasteiger partial charge in [0.1, 0.15) is 11.5 Å². The molecule has 28 heavy (non-hydrogen) atoms. The Labute approximate surface area is 164 Å². The number of hydrogen-bond acceptors (Lipinski definition) is 6. The number of hydrogen-bond donors (Lipinski definition) is 2. The summed E-state index contributed by atoms with van der Waals surface area (Å²) in [5, 5.41) is 13.5. The molecule has 0 bridgehead atoms. The summed E-state index contributed by atoms with van der Waals surface area (Å²) in [6.45, 7) is 1.60. The third-order valence-corrected chi connectivity index (χ3v) is 5.56. The van der Waals surface area contributed by atoms with Crippen LogP contribution in [0.4, 0.5) is 10.1 Å². The largest absolute Gasteiger partial charge is 0.322 e. The summed E-state index contributed by atoms with van der Waals surface area (Å²) in [5.41, 5.74) is 0.231. The molecule has 0 aliphatic heterocycles. The first-order valence-corrected chi connectivity index (χ1v) is 9.68. The highest BCUT2D eigenvalue weighted by Gasteiger charge is 2.18. The molecule has 9 nitrogen and oxygen atoms in total. The Kier molecular flexibility index (Phi) is 5.40. The highest BCUT2D eigenvalue weighted by molar-refractivity contribution is 7.89. The van der Waals surface area contributed by atoms with Crippen molar-refractivity contribution in [3.05, 3.63) is 58.6 Å². The summed E-state index contributed by atoms with van der Waals surface area (Å²) in [6, 6.07) is 7.58. The van der Waals surface area contributed by atoms with E-state index in [4.69, 9.17) is 11.6 Å². The topological polar surface area (TPSA) is 119 Å². The third-order valence-electron chi connectivity index (χ3n) is 3.82. The molecule has 1 amide bonds. The maximum atomic E-state index is 14.1. The normalized spacial score (nSPS) is 11.4. The monoisotopic (exact) mass is 424 g/mol. The molecule has 3 aromatic rings. The summed E-state index contributed by atoms with van der Waals surface area (Å²) < 4.78 is 41.4. The van der Waals surface area contributed by atoms with Crippen molar-refractivity contribution >= 4 is 33.2 Å². The van der Waals surface area contributed by atoms with Crippen LogP contribution in [0.2, 0.25) is 5.02 Å². The number of halogens is 2. The van der Waals surface area contributed by atoms with E-state index in [-0.39, 0.29) is 26.9 Å². The molecule has 0 unspecified atom stereocenters. The number of anilines is 1. The number of benzene rings is 2. The molecular weight excluding hydrogens is 411 g/mol. The van der Waals surface area contributed by atoms with Gasteiger partial charge in [-0.3, -0.25) is 4.79 Å². The second-order valence-electron chi connectivity index (χ2n) is 5.61. The third kappa shape index (κ3) is 3.86. The smallest absolute Gasteiger partial charge is 0.257 e. The lowest BCUT2D eigenvalue weighted by atomic mass is 10.2. The lowest BCUT2D eigenvalue weighted by Crippen LogP contribution is -2.20. The van der Waals surface area contributed by atoms with Crippen LogP contribution >= 0.6 is 11.6 Å². The van der Waals surface area contributed by atoms with Crippen LogP contribution in [-0.4, -0.2) is 41.6 Å². The minimum atomic E-state index is -3.75. The summed E-state index contributed by atoms with van der Waals surface area (Å²) in [4.78, 5) is 12.5. The second-order valence-corrected chi connectivity index (χ2v) is 7.90. The van der Waals surface area contributed by atoms with Crippen molar-refractivity contribution in [3.8, 4) is 5.69 Å². The van der Waals surface area contributed by atoms with Crippen LogP contribution in [0.25, 0.3) is 5.69 Å². The Bertz CT molecular complexity index is 1160. The van der Waals surface area contributed by atoms with E-state index in [0.717, 1.165) is 12.1 Å². The number of rotatable bonds is 5. The van der Waals surface area contributed by atoms with Crippen LogP contribution in [0.3, 0.4) is 0 Å². The van der Waals surface area contributed by atoms with Crippen molar-refractivity contribution < 1.29 is 17.6 Å². The lowest BCUT2D eigenvalue weighted by molar-refractivity contribution is 0.102. The van der Waals surface area contributed by atoms with Gasteiger partial charge in [-0.15, -0.1) is 5.10 Å². The maximum Gasteiger partial charge on any atom is 0.257 e. The summed E-state index contributed by atoms with van der Waals surface area (Å²) in [6.07, 6.45) is 0. The fourth-order valence-electron chi connectivity index (χ4n) is 2.37. The Morgan fingerprint density at radius 3 is 2.61 bits per heavy atom. The Morgan fingerprint density at radius 1 is 1.21 bits per heavy atom. The first-order valence-electron chi connectivity index (χ1n) is 7.82. The van der Waals surface area contributed by atoms with Gasteiger partial charge in [0.25, 0.3) is 5.91 Å². The Morgan fingerprint density at radius 2 is 1.96 bits per heavy atom. The molecule has 0 saturated heterocycles. The summed E-state index contributed by atoms with van der Waals surface area (Å²) in [5.74, 6) is -0.895. The number of carbonyl (C=O) groups is 1. The van der Waals surface area contributed by atoms with Crippen molar-refractivity contribution in [2.45, 2.75) is 11.8 Å². The van der Waals surface area contributed by atoms with Crippen molar-refractivity contribution in [2.75, 3.05) is 12.4 Å². The van der Waals surface area contributed by atoms with Crippen LogP contribution in [0.15, 0.2) is 41.3 Å². The number of sulfonamides is 1. The zero-order chi connectivity index (χ0) is 20.5. The predicted octanol–water partition coefficient (Wildman–Crippen LogP) is 1.92. The van der Waals surface area contributed by atoms with Crippen LogP contribution in [0, 0.1) is 12.7 Å². The zero-order valence-electron chi connectivity index (χ0n) is 14.6. The van der Waals surface area contributed by atoms with Gasteiger partial charge in [-0.05, 0) is 60.8 Å². The van der Waals surface area contributed by atoms with Crippen molar-refractivity contribution in [1.82, 2.24) is 24.9 Å². The molecule has 0 fully saturated rings. The molecule has 0 radical (unpaired) electrons. The lowest BCUT2D eigenvalue weighted by Gasteiger charge is -2.11. The van der Waals surface area contributed by atoms with Gasteiger partial charge in [0.2, 0.25) is 10.0 Å². The minimum absolute atomic E-state index is 0.0397. The highest BCUT2D eigenvalue weighted by Crippen LogP contribution is 2.23. The first-order chi connectivity index (χ1) is 13.2. The average Bonchev–Trinajstić information content (AvgIpc) is 3.09. The van der Waals surface area contributed by atoms with E-state index in [0.29, 0.717) is 5.82 Å². The van der Waals surface area contributed by atoms with Crippen LogP contribution < -0.4 is 10.0 Å². The molecule has 2 aromatic carbocycles. The summed E-state index contributed by atoms with van der Waals surface area (Å²) >= 11 is 6.04. The molecule has 12 heteroatoms. The van der Waals surface area contributed by atoms with E-state index in [2.05, 4.69) is 25.6 Å². The van der Waals surface area contributed by atoms with Gasteiger partial charge in [0.15, 0.2) is 5.82 Å². The molecule has 1 heterocycles. The zero-order valence-corrected chi connectivity index (χ0v) is 16.2. The number of nitrogens with one attached hydrogen (secondary N) is 2. The van der Waals surface area contributed by atoms with Crippen molar-refractivity contribution in [1.29, 1.82) is 0 Å². The molecule has 146 valence electrons. The first kappa shape index (κ1) is 19.9. The quantitative estimate of drug-likeness (QED) is 0.645. The second kappa shape index (κ2) is 7.62. The van der Waals surface area contributed by atoms with Gasteiger partial charge in [0, 0.05) is 5.69 Å². The standard InChI is InChI=1S/C16H14ClFN6O3S/c1-9-21-22-23-24(9)15-7-10(3-6-14(15)18)20-16(25)12-8-11(4-5-13(12)17)28(26,27)19-2/h3-8,19H,1-2H3,(H,20,25). The molecular formula is C16H14ClFN6O3S. The molecule has 0 aliphatic rings. The number of aromatic nitrogens is 4. The Hall–Kier alpha value is -2.89. The molecule has 0 aliphatic carbocycles. The fraction of sp³-hybridized carbons (Fsp3) is 0.125. The fourth-order valence-corrected chi connectivity index (χ4v) is 3.33. The minimum Gasteiger partial charge on any atom is -0.322 e. The van der Waals surface area contributed by atoms with Crippen LogP contribution in [-0.2, 0) is 10.0 Å².